The number of hydrogen-bond donors (Lipinski definition) is 2. The molecule has 1 aromatic rings. The van der Waals surface area contributed by atoms with E-state index in [1.54, 1.807) is 18.2 Å². The number of rotatable bonds is 3. The lowest BCUT2D eigenvalue weighted by Gasteiger charge is -2.11. The van der Waals surface area contributed by atoms with Gasteiger partial charge in [-0.05, 0) is 25.5 Å². The molecule has 0 bridgehead atoms. The first kappa shape index (κ1) is 10.6. The molecular formula is C11H15NO2. The van der Waals surface area contributed by atoms with E-state index in [1.807, 2.05) is 13.8 Å². The Bertz CT molecular complexity index is 323. The van der Waals surface area contributed by atoms with Crippen LogP contribution in [0.3, 0.4) is 0 Å². The van der Waals surface area contributed by atoms with Crippen LogP contribution in [0, 0.1) is 0 Å². The zero-order chi connectivity index (χ0) is 10.6. The number of hydrogen-bond acceptors (Lipinski definition) is 2. The van der Waals surface area contributed by atoms with Crippen molar-refractivity contribution in [3.63, 3.8) is 0 Å². The number of benzene rings is 1. The molecule has 1 amide bonds. The summed E-state index contributed by atoms with van der Waals surface area (Å²) < 4.78 is 0. The number of nitrogens with one attached hydrogen (secondary N) is 1. The predicted molar refractivity (Wildman–Crippen MR) is 55.3 cm³/mol. The van der Waals surface area contributed by atoms with Crippen molar-refractivity contribution < 1.29 is 9.90 Å². The molecule has 1 aromatic carbocycles. The third kappa shape index (κ3) is 2.49. The number of phenolic OH excluding ortho intramolecular Hbond substituents is 1. The van der Waals surface area contributed by atoms with Crippen LogP contribution >= 0.6 is 0 Å². The van der Waals surface area contributed by atoms with E-state index >= 15 is 0 Å². The van der Waals surface area contributed by atoms with Crippen LogP contribution in [-0.4, -0.2) is 17.1 Å². The highest BCUT2D eigenvalue weighted by molar-refractivity contribution is 5.96. The summed E-state index contributed by atoms with van der Waals surface area (Å²) in [5.74, 6) is -0.203. The molecule has 2 N–H and O–H groups in total. The minimum Gasteiger partial charge on any atom is -0.507 e. The van der Waals surface area contributed by atoms with Crippen molar-refractivity contribution in [2.75, 3.05) is 0 Å². The Morgan fingerprint density at radius 3 is 2.71 bits per heavy atom. The maximum atomic E-state index is 11.6. The molecule has 0 saturated carbocycles. The van der Waals surface area contributed by atoms with Crippen LogP contribution in [0.15, 0.2) is 24.3 Å². The van der Waals surface area contributed by atoms with Crippen LogP contribution in [0.4, 0.5) is 0 Å². The lowest BCUT2D eigenvalue weighted by Crippen LogP contribution is -2.31. The topological polar surface area (TPSA) is 49.3 Å². The highest BCUT2D eigenvalue weighted by atomic mass is 16.3. The average Bonchev–Trinajstić information content (AvgIpc) is 2.18. The molecule has 0 aromatic heterocycles. The zero-order valence-electron chi connectivity index (χ0n) is 8.45. The Balaban J connectivity index is 2.75. The summed E-state index contributed by atoms with van der Waals surface area (Å²) in [7, 11) is 0. The fraction of sp³-hybridized carbons (Fsp3) is 0.364. The van der Waals surface area contributed by atoms with Crippen molar-refractivity contribution in [3.05, 3.63) is 29.8 Å². The molecule has 1 unspecified atom stereocenters. The van der Waals surface area contributed by atoms with Gasteiger partial charge in [0.05, 0.1) is 5.56 Å². The first-order valence-electron chi connectivity index (χ1n) is 4.74. The van der Waals surface area contributed by atoms with Gasteiger partial charge in [-0.2, -0.15) is 0 Å². The molecule has 0 radical (unpaired) electrons. The molecule has 0 heterocycles. The fourth-order valence-corrected chi connectivity index (χ4v) is 1.07. The summed E-state index contributed by atoms with van der Waals surface area (Å²) in [6.45, 7) is 3.92. The summed E-state index contributed by atoms with van der Waals surface area (Å²) in [6, 6.07) is 6.65. The summed E-state index contributed by atoms with van der Waals surface area (Å²) in [5.41, 5.74) is 0.327. The molecular weight excluding hydrogens is 178 g/mol. The summed E-state index contributed by atoms with van der Waals surface area (Å²) in [4.78, 5) is 11.6. The van der Waals surface area contributed by atoms with Gasteiger partial charge in [0.15, 0.2) is 0 Å². The van der Waals surface area contributed by atoms with Gasteiger partial charge in [0.1, 0.15) is 5.75 Å². The van der Waals surface area contributed by atoms with Gasteiger partial charge < -0.3 is 10.4 Å². The van der Waals surface area contributed by atoms with Crippen molar-refractivity contribution in [2.24, 2.45) is 0 Å². The smallest absolute Gasteiger partial charge is 0.255 e. The third-order valence-corrected chi connectivity index (χ3v) is 2.14. The average molecular weight is 193 g/mol. The van der Waals surface area contributed by atoms with E-state index in [0.717, 1.165) is 6.42 Å². The van der Waals surface area contributed by atoms with E-state index in [-0.39, 0.29) is 17.7 Å². The lowest BCUT2D eigenvalue weighted by atomic mass is 10.1. The molecule has 0 spiro atoms. The first-order valence-corrected chi connectivity index (χ1v) is 4.74. The number of para-hydroxylation sites is 1. The third-order valence-electron chi connectivity index (χ3n) is 2.14. The van der Waals surface area contributed by atoms with Crippen molar-refractivity contribution >= 4 is 5.91 Å². The Kier molecular flexibility index (Phi) is 3.51. The van der Waals surface area contributed by atoms with Crippen molar-refractivity contribution in [1.82, 2.24) is 5.32 Å². The Labute approximate surface area is 83.8 Å². The van der Waals surface area contributed by atoms with Crippen molar-refractivity contribution in [2.45, 2.75) is 26.3 Å². The highest BCUT2D eigenvalue weighted by Crippen LogP contribution is 2.15. The van der Waals surface area contributed by atoms with Crippen LogP contribution < -0.4 is 5.32 Å². The second-order valence-corrected chi connectivity index (χ2v) is 3.30. The SMILES string of the molecule is CCC(C)NC(=O)c1ccccc1O. The van der Waals surface area contributed by atoms with Crippen LogP contribution in [0.5, 0.6) is 5.75 Å². The predicted octanol–water partition coefficient (Wildman–Crippen LogP) is 1.92. The van der Waals surface area contributed by atoms with Gasteiger partial charge in [-0.15, -0.1) is 0 Å². The van der Waals surface area contributed by atoms with Crippen LogP contribution in [0.2, 0.25) is 0 Å². The molecule has 3 heteroatoms. The summed E-state index contributed by atoms with van der Waals surface area (Å²) >= 11 is 0. The summed E-state index contributed by atoms with van der Waals surface area (Å²) in [5, 5.41) is 12.2. The van der Waals surface area contributed by atoms with Gasteiger partial charge >= 0.3 is 0 Å². The minimum absolute atomic E-state index is 0.0216. The van der Waals surface area contributed by atoms with Gasteiger partial charge in [0.25, 0.3) is 5.91 Å². The van der Waals surface area contributed by atoms with E-state index in [2.05, 4.69) is 5.32 Å². The quantitative estimate of drug-likeness (QED) is 0.770. The van der Waals surface area contributed by atoms with Gasteiger partial charge in [0.2, 0.25) is 0 Å². The van der Waals surface area contributed by atoms with Crippen LogP contribution in [0.25, 0.3) is 0 Å². The fourth-order valence-electron chi connectivity index (χ4n) is 1.07. The molecule has 1 atom stereocenters. The second kappa shape index (κ2) is 4.65. The van der Waals surface area contributed by atoms with E-state index in [9.17, 15) is 9.90 Å². The number of amides is 1. The van der Waals surface area contributed by atoms with Gasteiger partial charge in [-0.3, -0.25) is 4.79 Å². The molecule has 0 fully saturated rings. The number of carbonyl (C=O) groups is 1. The monoisotopic (exact) mass is 193 g/mol. The number of aromatic hydroxyl groups is 1. The summed E-state index contributed by atoms with van der Waals surface area (Å²) in [6.07, 6.45) is 0.874. The molecule has 1 rings (SSSR count). The molecule has 0 aliphatic carbocycles. The lowest BCUT2D eigenvalue weighted by molar-refractivity contribution is 0.0936. The van der Waals surface area contributed by atoms with E-state index in [0.29, 0.717) is 5.56 Å². The molecule has 3 nitrogen and oxygen atoms in total. The molecule has 0 aliphatic rings. The first-order chi connectivity index (χ1) is 6.65. The van der Waals surface area contributed by atoms with Gasteiger partial charge in [-0.1, -0.05) is 19.1 Å². The zero-order valence-corrected chi connectivity index (χ0v) is 8.45. The second-order valence-electron chi connectivity index (χ2n) is 3.30. The normalized spacial score (nSPS) is 12.1. The highest BCUT2D eigenvalue weighted by Gasteiger charge is 2.11. The van der Waals surface area contributed by atoms with Crippen LogP contribution in [0.1, 0.15) is 30.6 Å². The Morgan fingerprint density at radius 2 is 2.14 bits per heavy atom. The van der Waals surface area contributed by atoms with Crippen LogP contribution in [-0.2, 0) is 0 Å². The Morgan fingerprint density at radius 1 is 1.50 bits per heavy atom. The maximum absolute atomic E-state index is 11.6. The standard InChI is InChI=1S/C11H15NO2/c1-3-8(2)12-11(14)9-6-4-5-7-10(9)13/h4-8,13H,3H2,1-2H3,(H,12,14). The molecule has 0 saturated heterocycles. The number of phenols is 1. The van der Waals surface area contributed by atoms with Crippen molar-refractivity contribution in [1.29, 1.82) is 0 Å². The van der Waals surface area contributed by atoms with E-state index < -0.39 is 0 Å². The Hall–Kier alpha value is -1.51. The molecule has 76 valence electrons. The van der Waals surface area contributed by atoms with E-state index in [1.165, 1.54) is 6.07 Å². The maximum Gasteiger partial charge on any atom is 0.255 e. The largest absolute Gasteiger partial charge is 0.507 e. The number of carbonyl (C=O) groups excluding carboxylic acids is 1. The molecule has 14 heavy (non-hydrogen) atoms. The van der Waals surface area contributed by atoms with Crippen molar-refractivity contribution in [3.8, 4) is 5.75 Å². The molecule has 0 aliphatic heterocycles. The minimum atomic E-state index is -0.225. The van der Waals surface area contributed by atoms with Gasteiger partial charge in [-0.25, -0.2) is 0 Å². The van der Waals surface area contributed by atoms with Gasteiger partial charge in [0, 0.05) is 6.04 Å². The van der Waals surface area contributed by atoms with E-state index in [4.69, 9.17) is 0 Å².